The maximum Gasteiger partial charge on any atom is 0.112 e. The van der Waals surface area contributed by atoms with E-state index >= 15 is 0 Å². The number of allylic oxidation sites excluding steroid dienone is 2. The van der Waals surface area contributed by atoms with E-state index in [1.54, 1.807) is 0 Å². The van der Waals surface area contributed by atoms with Gasteiger partial charge in [-0.05, 0) is 36.8 Å². The molecule has 2 unspecified atom stereocenters. The van der Waals surface area contributed by atoms with Crippen LogP contribution in [-0.2, 0) is 0 Å². The van der Waals surface area contributed by atoms with Crippen LogP contribution in [0, 0.1) is 5.92 Å². The predicted octanol–water partition coefficient (Wildman–Crippen LogP) is 3.88. The predicted molar refractivity (Wildman–Crippen MR) is 104 cm³/mol. The first-order valence-corrected chi connectivity index (χ1v) is 9.52. The lowest BCUT2D eigenvalue weighted by Gasteiger charge is -2.35. The minimum atomic E-state index is 0.200. The summed E-state index contributed by atoms with van der Waals surface area (Å²) in [7, 11) is 0. The van der Waals surface area contributed by atoms with Gasteiger partial charge in [0.1, 0.15) is 5.84 Å². The third-order valence-corrected chi connectivity index (χ3v) is 5.41. The van der Waals surface area contributed by atoms with Gasteiger partial charge in [-0.25, -0.2) is 4.99 Å². The zero-order valence-electron chi connectivity index (χ0n) is 13.3. The summed E-state index contributed by atoms with van der Waals surface area (Å²) >= 11 is 9.91. The van der Waals surface area contributed by atoms with Gasteiger partial charge in [0.2, 0.25) is 0 Å². The van der Waals surface area contributed by atoms with Crippen molar-refractivity contribution in [3.63, 3.8) is 0 Å². The van der Waals surface area contributed by atoms with E-state index < -0.39 is 0 Å². The smallest absolute Gasteiger partial charge is 0.112 e. The third kappa shape index (κ3) is 3.39. The van der Waals surface area contributed by atoms with E-state index in [0.717, 1.165) is 59.3 Å². The molecule has 4 nitrogen and oxygen atoms in total. The number of hydrogen-bond donors (Lipinski definition) is 2. The number of nitrogens with zero attached hydrogens (tertiary/aromatic N) is 2. The summed E-state index contributed by atoms with van der Waals surface area (Å²) in [6, 6.07) is 6.41. The van der Waals surface area contributed by atoms with Crippen LogP contribution in [0.25, 0.3) is 0 Å². The number of benzene rings is 1. The summed E-state index contributed by atoms with van der Waals surface area (Å²) in [6.45, 7) is 3.99. The number of nitrogens with one attached hydrogen (secondary N) is 2. The van der Waals surface area contributed by atoms with Gasteiger partial charge < -0.3 is 15.5 Å². The van der Waals surface area contributed by atoms with Crippen LogP contribution in [0.3, 0.4) is 0 Å². The van der Waals surface area contributed by atoms with Gasteiger partial charge in [0.05, 0.1) is 11.4 Å². The van der Waals surface area contributed by atoms with E-state index in [0.29, 0.717) is 0 Å². The van der Waals surface area contributed by atoms with Crippen molar-refractivity contribution in [2.24, 2.45) is 10.9 Å². The highest BCUT2D eigenvalue weighted by Gasteiger charge is 2.28. The second kappa shape index (κ2) is 6.90. The highest BCUT2D eigenvalue weighted by Crippen LogP contribution is 2.35. The molecule has 1 aliphatic carbocycles. The molecule has 0 amide bonds. The minimum Gasteiger partial charge on any atom is -0.377 e. The monoisotopic (exact) mass is 406 g/mol. The molecule has 24 heavy (non-hydrogen) atoms. The molecule has 0 spiro atoms. The van der Waals surface area contributed by atoms with Gasteiger partial charge in [0.25, 0.3) is 0 Å². The molecule has 0 saturated carbocycles. The maximum absolute atomic E-state index is 6.34. The zero-order chi connectivity index (χ0) is 16.5. The van der Waals surface area contributed by atoms with Crippen LogP contribution in [0.15, 0.2) is 50.9 Å². The van der Waals surface area contributed by atoms with Crippen molar-refractivity contribution < 1.29 is 0 Å². The molecule has 1 saturated heterocycles. The Bertz CT molecular complexity index is 722. The Balaban J connectivity index is 1.82. The fourth-order valence-electron chi connectivity index (χ4n) is 3.49. The molecular weight excluding hydrogens is 388 g/mol. The molecule has 2 heterocycles. The molecule has 2 bridgehead atoms. The molecule has 1 aromatic rings. The van der Waals surface area contributed by atoms with Crippen LogP contribution < -0.4 is 10.6 Å². The van der Waals surface area contributed by atoms with E-state index in [9.17, 15) is 0 Å². The SMILES string of the molecule is ClC1=CC2CC(C=C1)C(N1CCNCC1)=Nc1cc(Br)ccc1N2. The van der Waals surface area contributed by atoms with Crippen molar-refractivity contribution in [1.29, 1.82) is 0 Å². The van der Waals surface area contributed by atoms with Crippen LogP contribution in [-0.4, -0.2) is 43.0 Å². The van der Waals surface area contributed by atoms with Crippen molar-refractivity contribution in [3.05, 3.63) is 45.9 Å². The Labute approximate surface area is 155 Å². The Hall–Kier alpha value is -1.30. The Morgan fingerprint density at radius 2 is 2.08 bits per heavy atom. The summed E-state index contributed by atoms with van der Waals surface area (Å²) in [5, 5.41) is 7.80. The first-order chi connectivity index (χ1) is 11.7. The summed E-state index contributed by atoms with van der Waals surface area (Å²) in [6.07, 6.45) is 7.28. The van der Waals surface area contributed by atoms with Crippen molar-refractivity contribution in [2.45, 2.75) is 12.5 Å². The molecule has 0 radical (unpaired) electrons. The third-order valence-electron chi connectivity index (χ3n) is 4.66. The molecule has 6 heteroatoms. The standard InChI is InChI=1S/C18H20BrClN4/c19-13-2-4-16-17(10-13)23-18(24-7-5-21-6-8-24)12-1-3-14(20)11-15(9-12)22-16/h1-4,10-12,15,21-22H,5-9H2. The Kier molecular flexibility index (Phi) is 4.66. The van der Waals surface area contributed by atoms with Crippen LogP contribution in [0.2, 0.25) is 0 Å². The number of halogens is 2. The number of aliphatic imine (C=N–C) groups is 1. The average molecular weight is 408 g/mol. The van der Waals surface area contributed by atoms with Gasteiger partial charge in [-0.1, -0.05) is 33.6 Å². The number of piperazine rings is 1. The Morgan fingerprint density at radius 1 is 1.25 bits per heavy atom. The lowest BCUT2D eigenvalue weighted by Crippen LogP contribution is -2.49. The van der Waals surface area contributed by atoms with Crippen LogP contribution in [0.4, 0.5) is 11.4 Å². The maximum atomic E-state index is 6.34. The van der Waals surface area contributed by atoms with Crippen molar-refractivity contribution in [2.75, 3.05) is 31.5 Å². The molecular formula is C18H20BrClN4. The molecule has 2 atom stereocenters. The van der Waals surface area contributed by atoms with Crippen molar-refractivity contribution in [1.82, 2.24) is 10.2 Å². The fraction of sp³-hybridized carbons (Fsp3) is 0.389. The topological polar surface area (TPSA) is 39.7 Å². The number of hydrogen-bond acceptors (Lipinski definition) is 4. The normalized spacial score (nSPS) is 26.3. The molecule has 2 N–H and O–H groups in total. The lowest BCUT2D eigenvalue weighted by atomic mass is 9.96. The van der Waals surface area contributed by atoms with Gasteiger partial charge in [0.15, 0.2) is 0 Å². The van der Waals surface area contributed by atoms with E-state index in [2.05, 4.69) is 55.7 Å². The van der Waals surface area contributed by atoms with Crippen LogP contribution >= 0.6 is 27.5 Å². The van der Waals surface area contributed by atoms with Gasteiger partial charge in [-0.3, -0.25) is 0 Å². The average Bonchev–Trinajstić information content (AvgIpc) is 2.76. The van der Waals surface area contributed by atoms with Crippen LogP contribution in [0.5, 0.6) is 0 Å². The lowest BCUT2D eigenvalue weighted by molar-refractivity contribution is 0.343. The summed E-state index contributed by atoms with van der Waals surface area (Å²) in [5.74, 6) is 1.42. The van der Waals surface area contributed by atoms with Crippen molar-refractivity contribution >= 4 is 44.7 Å². The summed E-state index contributed by atoms with van der Waals surface area (Å²) < 4.78 is 1.04. The molecule has 1 fully saturated rings. The quantitative estimate of drug-likeness (QED) is 0.686. The van der Waals surface area contributed by atoms with Crippen LogP contribution in [0.1, 0.15) is 6.42 Å². The minimum absolute atomic E-state index is 0.200. The highest BCUT2D eigenvalue weighted by atomic mass is 79.9. The van der Waals surface area contributed by atoms with E-state index in [1.807, 2.05) is 12.1 Å². The second-order valence-electron chi connectivity index (χ2n) is 6.37. The van der Waals surface area contributed by atoms with Gasteiger partial charge in [0, 0.05) is 47.6 Å². The molecule has 0 aromatic heterocycles. The number of amidine groups is 1. The van der Waals surface area contributed by atoms with E-state index in [1.165, 1.54) is 0 Å². The van der Waals surface area contributed by atoms with Gasteiger partial charge in [-0.15, -0.1) is 0 Å². The first kappa shape index (κ1) is 16.2. The zero-order valence-corrected chi connectivity index (χ0v) is 15.6. The highest BCUT2D eigenvalue weighted by molar-refractivity contribution is 9.10. The van der Waals surface area contributed by atoms with Gasteiger partial charge in [-0.2, -0.15) is 0 Å². The molecule has 4 rings (SSSR count). The summed E-state index contributed by atoms with van der Waals surface area (Å²) in [5.41, 5.74) is 2.03. The number of anilines is 1. The summed E-state index contributed by atoms with van der Waals surface area (Å²) in [4.78, 5) is 7.49. The molecule has 1 aromatic carbocycles. The first-order valence-electron chi connectivity index (χ1n) is 8.35. The second-order valence-corrected chi connectivity index (χ2v) is 7.72. The number of fused-ring (bicyclic) bond motifs is 3. The largest absolute Gasteiger partial charge is 0.377 e. The molecule has 3 aliphatic rings. The number of rotatable bonds is 0. The Morgan fingerprint density at radius 3 is 2.92 bits per heavy atom. The van der Waals surface area contributed by atoms with E-state index in [4.69, 9.17) is 16.6 Å². The van der Waals surface area contributed by atoms with Crippen molar-refractivity contribution in [3.8, 4) is 0 Å². The molecule has 126 valence electrons. The fourth-order valence-corrected chi connectivity index (χ4v) is 4.07. The van der Waals surface area contributed by atoms with Gasteiger partial charge >= 0.3 is 0 Å². The molecule has 2 aliphatic heterocycles. The van der Waals surface area contributed by atoms with E-state index in [-0.39, 0.29) is 12.0 Å².